The van der Waals surface area contributed by atoms with Crippen molar-refractivity contribution < 1.29 is 13.2 Å². The molecule has 0 bridgehead atoms. The van der Waals surface area contributed by atoms with Crippen LogP contribution >= 0.6 is 11.3 Å². The number of alkyl halides is 3. The van der Waals surface area contributed by atoms with Crippen molar-refractivity contribution in [3.8, 4) is 22.5 Å². The van der Waals surface area contributed by atoms with Crippen molar-refractivity contribution in [3.05, 3.63) is 53.2 Å². The van der Waals surface area contributed by atoms with E-state index in [0.717, 1.165) is 16.8 Å². The number of nitrogens with zero attached hydrogens (tertiary/aromatic N) is 5. The molecule has 4 aromatic rings. The lowest BCUT2D eigenvalue weighted by atomic mass is 10.1. The summed E-state index contributed by atoms with van der Waals surface area (Å²) in [6.07, 6.45) is -2.40. The van der Waals surface area contributed by atoms with Crippen LogP contribution in [-0.2, 0) is 6.18 Å². The maximum atomic E-state index is 12.7. The first-order chi connectivity index (χ1) is 11.5. The van der Waals surface area contributed by atoms with Gasteiger partial charge in [0.15, 0.2) is 5.69 Å². The fourth-order valence-corrected chi connectivity index (χ4v) is 2.86. The van der Waals surface area contributed by atoms with Crippen molar-refractivity contribution in [1.82, 2.24) is 24.6 Å². The SMILES string of the molecule is FC(F)(F)c1cnn2c(-c3cccc(-c4cscn4)c3)cnc2n1. The van der Waals surface area contributed by atoms with Gasteiger partial charge < -0.3 is 0 Å². The molecule has 0 amide bonds. The second kappa shape index (κ2) is 5.38. The molecule has 3 heterocycles. The minimum atomic E-state index is -4.55. The fourth-order valence-electron chi connectivity index (χ4n) is 2.30. The quantitative estimate of drug-likeness (QED) is 0.551. The highest BCUT2D eigenvalue weighted by atomic mass is 32.1. The summed E-state index contributed by atoms with van der Waals surface area (Å²) in [5.74, 6) is -0.0983. The molecule has 0 spiro atoms. The van der Waals surface area contributed by atoms with Gasteiger partial charge in [0.25, 0.3) is 5.78 Å². The van der Waals surface area contributed by atoms with Crippen LogP contribution in [0.15, 0.2) is 47.5 Å². The van der Waals surface area contributed by atoms with Crippen LogP contribution in [-0.4, -0.2) is 24.6 Å². The first-order valence-corrected chi connectivity index (χ1v) is 7.73. The summed E-state index contributed by atoms with van der Waals surface area (Å²) in [5.41, 5.74) is 3.74. The van der Waals surface area contributed by atoms with Gasteiger partial charge in [0.1, 0.15) is 0 Å². The number of benzene rings is 1. The third-order valence-electron chi connectivity index (χ3n) is 3.41. The molecule has 5 nitrogen and oxygen atoms in total. The van der Waals surface area contributed by atoms with E-state index in [9.17, 15) is 13.2 Å². The molecule has 0 saturated heterocycles. The summed E-state index contributed by atoms with van der Waals surface area (Å²) in [7, 11) is 0. The summed E-state index contributed by atoms with van der Waals surface area (Å²) in [6, 6.07) is 7.48. The van der Waals surface area contributed by atoms with E-state index >= 15 is 0 Å². The number of halogens is 3. The zero-order valence-electron chi connectivity index (χ0n) is 11.9. The number of rotatable bonds is 2. The van der Waals surface area contributed by atoms with Gasteiger partial charge in [-0.15, -0.1) is 11.3 Å². The van der Waals surface area contributed by atoms with E-state index in [2.05, 4.69) is 20.1 Å². The molecule has 0 aliphatic heterocycles. The zero-order chi connectivity index (χ0) is 16.7. The number of thiazole rings is 1. The zero-order valence-corrected chi connectivity index (χ0v) is 12.7. The molecule has 24 heavy (non-hydrogen) atoms. The third kappa shape index (κ3) is 2.52. The highest BCUT2D eigenvalue weighted by Crippen LogP contribution is 2.29. The Labute approximate surface area is 137 Å². The second-order valence-corrected chi connectivity index (χ2v) is 5.67. The number of hydrogen-bond donors (Lipinski definition) is 0. The average molecular weight is 347 g/mol. The maximum absolute atomic E-state index is 12.7. The average Bonchev–Trinajstić information content (AvgIpc) is 3.23. The standard InChI is InChI=1S/C15H8F3N5S/c16-15(17,18)13-6-21-23-12(5-19-14(23)22-13)10-3-1-2-9(4-10)11-7-24-8-20-11/h1-8H. The van der Waals surface area contributed by atoms with Gasteiger partial charge in [0.05, 0.1) is 29.3 Å². The lowest BCUT2D eigenvalue weighted by Crippen LogP contribution is -2.11. The molecule has 0 radical (unpaired) electrons. The Hall–Kier alpha value is -2.81. The molecule has 4 rings (SSSR count). The molecule has 1 aromatic carbocycles. The van der Waals surface area contributed by atoms with Gasteiger partial charge in [-0.25, -0.2) is 15.0 Å². The summed E-state index contributed by atoms with van der Waals surface area (Å²) < 4.78 is 39.4. The van der Waals surface area contributed by atoms with Crippen LogP contribution in [0.3, 0.4) is 0 Å². The highest BCUT2D eigenvalue weighted by molar-refractivity contribution is 7.07. The molecule has 0 N–H and O–H groups in total. The van der Waals surface area contributed by atoms with Crippen LogP contribution in [0.25, 0.3) is 28.3 Å². The van der Waals surface area contributed by atoms with Gasteiger partial charge in [-0.1, -0.05) is 18.2 Å². The van der Waals surface area contributed by atoms with E-state index < -0.39 is 11.9 Å². The van der Waals surface area contributed by atoms with Gasteiger partial charge in [-0.2, -0.15) is 22.8 Å². The Bertz CT molecular complexity index is 1010. The topological polar surface area (TPSA) is 56.0 Å². The molecular formula is C15H8F3N5S. The van der Waals surface area contributed by atoms with Gasteiger partial charge in [-0.3, -0.25) is 0 Å². The van der Waals surface area contributed by atoms with Crippen molar-refractivity contribution in [2.45, 2.75) is 6.18 Å². The second-order valence-electron chi connectivity index (χ2n) is 4.95. The molecule has 0 unspecified atom stereocenters. The highest BCUT2D eigenvalue weighted by Gasteiger charge is 2.33. The summed E-state index contributed by atoms with van der Waals surface area (Å²) in [5, 5.41) is 5.75. The molecule has 0 aliphatic rings. The van der Waals surface area contributed by atoms with Gasteiger partial charge in [0, 0.05) is 16.5 Å². The van der Waals surface area contributed by atoms with E-state index in [0.29, 0.717) is 11.9 Å². The van der Waals surface area contributed by atoms with Crippen molar-refractivity contribution in [1.29, 1.82) is 0 Å². The molecule has 9 heteroatoms. The fraction of sp³-hybridized carbons (Fsp3) is 0.0667. The normalized spacial score (nSPS) is 12.0. The molecule has 120 valence electrons. The van der Waals surface area contributed by atoms with Gasteiger partial charge >= 0.3 is 6.18 Å². The van der Waals surface area contributed by atoms with E-state index in [4.69, 9.17) is 0 Å². The monoisotopic (exact) mass is 347 g/mol. The first-order valence-electron chi connectivity index (χ1n) is 6.79. The molecular weight excluding hydrogens is 339 g/mol. The van der Waals surface area contributed by atoms with Crippen LogP contribution in [0, 0.1) is 0 Å². The first kappa shape index (κ1) is 14.8. The largest absolute Gasteiger partial charge is 0.435 e. The Balaban J connectivity index is 1.81. The lowest BCUT2D eigenvalue weighted by molar-refractivity contribution is -0.141. The van der Waals surface area contributed by atoms with E-state index in [1.165, 1.54) is 22.0 Å². The van der Waals surface area contributed by atoms with E-state index in [1.807, 2.05) is 29.6 Å². The Morgan fingerprint density at radius 1 is 1.04 bits per heavy atom. The summed E-state index contributed by atoms with van der Waals surface area (Å²) in [6.45, 7) is 0. The van der Waals surface area contributed by atoms with Crippen molar-refractivity contribution in [2.24, 2.45) is 0 Å². The smallest absolute Gasteiger partial charge is 0.245 e. The third-order valence-corrected chi connectivity index (χ3v) is 4.00. The molecule has 0 saturated carbocycles. The van der Waals surface area contributed by atoms with Crippen LogP contribution in [0.4, 0.5) is 13.2 Å². The Morgan fingerprint density at radius 3 is 2.62 bits per heavy atom. The summed E-state index contributed by atoms with van der Waals surface area (Å²) in [4.78, 5) is 11.7. The molecule has 0 atom stereocenters. The van der Waals surface area contributed by atoms with Crippen molar-refractivity contribution in [2.75, 3.05) is 0 Å². The van der Waals surface area contributed by atoms with E-state index in [1.54, 1.807) is 5.51 Å². The lowest BCUT2D eigenvalue weighted by Gasteiger charge is -2.06. The minimum absolute atomic E-state index is 0.0983. The Kier molecular flexibility index (Phi) is 3.31. The van der Waals surface area contributed by atoms with Crippen molar-refractivity contribution >= 4 is 17.1 Å². The van der Waals surface area contributed by atoms with E-state index in [-0.39, 0.29) is 5.78 Å². The van der Waals surface area contributed by atoms with Crippen LogP contribution < -0.4 is 0 Å². The molecule has 3 aromatic heterocycles. The number of fused-ring (bicyclic) bond motifs is 1. The van der Waals surface area contributed by atoms with Crippen molar-refractivity contribution in [3.63, 3.8) is 0 Å². The molecule has 0 fully saturated rings. The number of aromatic nitrogens is 5. The predicted molar refractivity (Wildman–Crippen MR) is 82.3 cm³/mol. The number of hydrogen-bond acceptors (Lipinski definition) is 5. The minimum Gasteiger partial charge on any atom is -0.245 e. The summed E-state index contributed by atoms with van der Waals surface area (Å²) >= 11 is 1.49. The predicted octanol–water partition coefficient (Wildman–Crippen LogP) is 3.93. The van der Waals surface area contributed by atoms with Crippen LogP contribution in [0.1, 0.15) is 5.69 Å². The van der Waals surface area contributed by atoms with Crippen LogP contribution in [0.2, 0.25) is 0 Å². The number of imidazole rings is 1. The van der Waals surface area contributed by atoms with Gasteiger partial charge in [0.2, 0.25) is 0 Å². The molecule has 0 aliphatic carbocycles. The maximum Gasteiger partial charge on any atom is 0.435 e. The Morgan fingerprint density at radius 2 is 1.88 bits per heavy atom. The van der Waals surface area contributed by atoms with Gasteiger partial charge in [-0.05, 0) is 6.07 Å². The van der Waals surface area contributed by atoms with Crippen LogP contribution in [0.5, 0.6) is 0 Å².